The quantitative estimate of drug-likeness (QED) is 0.208. The minimum absolute atomic E-state index is 0.0157. The van der Waals surface area contributed by atoms with Crippen LogP contribution in [-0.4, -0.2) is 47.3 Å². The van der Waals surface area contributed by atoms with Crippen LogP contribution in [-0.2, 0) is 9.22 Å². The number of ketones is 1. The second-order valence-electron chi connectivity index (χ2n) is 15.5. The minimum atomic E-state index is -2.12. The number of amides is 1. The number of carbonyl (C=O) groups is 2. The zero-order valence-electron chi connectivity index (χ0n) is 29.5. The van der Waals surface area contributed by atoms with Gasteiger partial charge in [0.1, 0.15) is 5.78 Å². The van der Waals surface area contributed by atoms with Crippen LogP contribution in [0.25, 0.3) is 0 Å². The third-order valence-corrected chi connectivity index (χ3v) is 18.1. The number of fused-ring (bicyclic) bond motifs is 1. The molecule has 0 saturated heterocycles. The topological polar surface area (TPSA) is 64.4 Å². The van der Waals surface area contributed by atoms with Gasteiger partial charge in [0.2, 0.25) is 0 Å². The lowest BCUT2D eigenvalue weighted by molar-refractivity contribution is -0.127. The molecule has 46 heavy (non-hydrogen) atoms. The first kappa shape index (κ1) is 35.6. The van der Waals surface area contributed by atoms with E-state index in [1.54, 1.807) is 13.1 Å². The van der Waals surface area contributed by atoms with E-state index < -0.39 is 14.4 Å². The summed E-state index contributed by atoms with van der Waals surface area (Å²) in [7, 11) is -2.12. The second kappa shape index (κ2) is 13.3. The van der Waals surface area contributed by atoms with Crippen molar-refractivity contribution < 1.29 is 14.0 Å². The third kappa shape index (κ3) is 6.52. The van der Waals surface area contributed by atoms with Crippen molar-refractivity contribution >= 4 is 43.2 Å². The van der Waals surface area contributed by atoms with Crippen LogP contribution in [0.4, 0.5) is 0 Å². The van der Waals surface area contributed by atoms with Gasteiger partial charge >= 0.3 is 0 Å². The fourth-order valence-corrected chi connectivity index (χ4v) is 12.4. The summed E-state index contributed by atoms with van der Waals surface area (Å²) in [4.78, 5) is 29.2. The molecule has 3 aliphatic rings. The molecule has 6 nitrogen and oxygen atoms in total. The smallest absolute Gasteiger partial charge is 0.257 e. The number of carbonyl (C=O) groups excluding carboxylic acids is 2. The lowest BCUT2D eigenvalue weighted by Crippen LogP contribution is -2.46. The molecular weight excluding hydrogens is 633 g/mol. The molecule has 0 bridgehead atoms. The van der Waals surface area contributed by atoms with Crippen LogP contribution in [0.1, 0.15) is 126 Å². The third-order valence-electron chi connectivity index (χ3n) is 12.8. The van der Waals surface area contributed by atoms with Crippen LogP contribution < -0.4 is 0 Å². The maximum absolute atomic E-state index is 14.8. The van der Waals surface area contributed by atoms with Gasteiger partial charge in [-0.15, -0.1) is 0 Å². The van der Waals surface area contributed by atoms with Gasteiger partial charge in [0.15, 0.2) is 8.32 Å². The van der Waals surface area contributed by atoms with Crippen LogP contribution in [0, 0.1) is 36.5 Å². The van der Waals surface area contributed by atoms with Crippen LogP contribution in [0.5, 0.6) is 0 Å². The van der Waals surface area contributed by atoms with Crippen LogP contribution in [0.3, 0.4) is 0 Å². The van der Waals surface area contributed by atoms with Crippen LogP contribution in [0.15, 0.2) is 18.3 Å². The van der Waals surface area contributed by atoms with E-state index in [0.29, 0.717) is 39.4 Å². The molecule has 2 aromatic rings. The molecule has 1 heterocycles. The molecule has 0 N–H and O–H groups in total. The van der Waals surface area contributed by atoms with Crippen molar-refractivity contribution in [2.45, 2.75) is 137 Å². The van der Waals surface area contributed by atoms with Gasteiger partial charge in [0.25, 0.3) is 5.91 Å². The van der Waals surface area contributed by atoms with Gasteiger partial charge in [-0.05, 0) is 112 Å². The zero-order valence-corrected chi connectivity index (χ0v) is 32.0. The first-order chi connectivity index (χ1) is 21.6. The number of benzene rings is 1. The molecular formula is C37H55Cl2N3O3Si. The first-order valence-electron chi connectivity index (χ1n) is 17.6. The van der Waals surface area contributed by atoms with Gasteiger partial charge in [-0.1, -0.05) is 64.7 Å². The molecule has 1 aromatic heterocycles. The number of rotatable bonds is 12. The van der Waals surface area contributed by atoms with Crippen molar-refractivity contribution in [2.24, 2.45) is 22.7 Å². The highest BCUT2D eigenvalue weighted by Gasteiger charge is 2.63. The largest absolute Gasteiger partial charge is 0.408 e. The standard InChI is InChI=1S/C37H55Cl2N3O3Si/c1-10-46(11-2,12-3)45-33(34-31(38)17-23(4)18-32(34)39)22-41(27-19-29-30(20-27)36(29,7)8)35(44)28-21-40-42(24(28)5)26-13-15-37(9,16-14-26)25(6)43/h17-18,21,26-27,29-30,33H,10-16,19-20,22H2,1-9H3/t26?,27?,29-,30+,33?,37?. The molecule has 2 unspecified atom stereocenters. The highest BCUT2D eigenvalue weighted by molar-refractivity contribution is 6.73. The summed E-state index contributed by atoms with van der Waals surface area (Å²) < 4.78 is 9.27. The van der Waals surface area contributed by atoms with E-state index >= 15 is 0 Å². The molecule has 0 radical (unpaired) electrons. The summed E-state index contributed by atoms with van der Waals surface area (Å²) in [5, 5.41) is 6.00. The Morgan fingerprint density at radius 3 is 2.07 bits per heavy atom. The Kier molecular flexibility index (Phi) is 10.3. The fourth-order valence-electron chi connectivity index (χ4n) is 8.81. The maximum atomic E-state index is 14.8. The van der Waals surface area contributed by atoms with E-state index in [0.717, 1.165) is 73.5 Å². The normalized spacial score (nSPS) is 27.7. The summed E-state index contributed by atoms with van der Waals surface area (Å²) in [6, 6.07) is 7.20. The minimum Gasteiger partial charge on any atom is -0.408 e. The van der Waals surface area contributed by atoms with Crippen molar-refractivity contribution in [1.29, 1.82) is 0 Å². The van der Waals surface area contributed by atoms with Gasteiger partial charge in [-0.3, -0.25) is 14.3 Å². The number of Topliss-reactive ketones (excluding diaryl/α,β-unsaturated/α-hetero) is 1. The SMILES string of the molecule is CC[Si](CC)(CC)OC(CN(C(=O)c1cnn(C2CCC(C)(C(C)=O)CC2)c1C)C1C[C@@H]2[C@H](C1)C2(C)C)c1c(Cl)cc(C)cc1Cl. The molecule has 0 aliphatic heterocycles. The van der Waals surface area contributed by atoms with Gasteiger partial charge in [0.05, 0.1) is 30.5 Å². The van der Waals surface area contributed by atoms with Crippen molar-refractivity contribution in [2.75, 3.05) is 6.54 Å². The predicted octanol–water partition coefficient (Wildman–Crippen LogP) is 10.2. The highest BCUT2D eigenvalue weighted by atomic mass is 35.5. The van der Waals surface area contributed by atoms with Gasteiger partial charge < -0.3 is 9.33 Å². The number of nitrogens with zero attached hydrogens (tertiary/aromatic N) is 3. The molecule has 254 valence electrons. The Morgan fingerprint density at radius 1 is 1.02 bits per heavy atom. The Bertz CT molecular complexity index is 1410. The molecule has 5 rings (SSSR count). The van der Waals surface area contributed by atoms with Gasteiger partial charge in [-0.25, -0.2) is 0 Å². The van der Waals surface area contributed by atoms with E-state index in [9.17, 15) is 9.59 Å². The lowest BCUT2D eigenvalue weighted by Gasteiger charge is -2.39. The summed E-state index contributed by atoms with van der Waals surface area (Å²) >= 11 is 13.9. The summed E-state index contributed by atoms with van der Waals surface area (Å²) in [5.41, 5.74) is 3.44. The number of halogens is 2. The molecule has 3 saturated carbocycles. The average Bonchev–Trinajstić information content (AvgIpc) is 3.37. The van der Waals surface area contributed by atoms with Gasteiger partial charge in [-0.2, -0.15) is 5.10 Å². The number of hydrogen-bond donors (Lipinski definition) is 0. The molecule has 3 fully saturated rings. The molecule has 4 atom stereocenters. The molecule has 9 heteroatoms. The summed E-state index contributed by atoms with van der Waals surface area (Å²) in [6.45, 7) is 19.6. The number of aromatic nitrogens is 2. The number of aryl methyl sites for hydroxylation is 1. The Balaban J connectivity index is 1.50. The molecule has 0 spiro atoms. The van der Waals surface area contributed by atoms with Gasteiger partial charge in [0, 0.05) is 32.8 Å². The zero-order chi connectivity index (χ0) is 33.8. The Morgan fingerprint density at radius 2 is 1.57 bits per heavy atom. The molecule has 1 aromatic carbocycles. The van der Waals surface area contributed by atoms with Crippen molar-refractivity contribution in [1.82, 2.24) is 14.7 Å². The average molecular weight is 689 g/mol. The van der Waals surface area contributed by atoms with Crippen molar-refractivity contribution in [3.8, 4) is 0 Å². The van der Waals surface area contributed by atoms with Crippen molar-refractivity contribution in [3.63, 3.8) is 0 Å². The molecule has 3 aliphatic carbocycles. The highest BCUT2D eigenvalue weighted by Crippen LogP contribution is 2.67. The van der Waals surface area contributed by atoms with E-state index in [4.69, 9.17) is 32.7 Å². The first-order valence-corrected chi connectivity index (χ1v) is 20.9. The Labute approximate surface area is 288 Å². The predicted molar refractivity (Wildman–Crippen MR) is 190 cm³/mol. The Hall–Kier alpha value is -1.67. The van der Waals surface area contributed by atoms with E-state index in [-0.39, 0.29) is 29.2 Å². The van der Waals surface area contributed by atoms with Crippen LogP contribution >= 0.6 is 23.2 Å². The fraction of sp³-hybridized carbons (Fsp3) is 0.703. The van der Waals surface area contributed by atoms with E-state index in [1.165, 1.54) is 0 Å². The van der Waals surface area contributed by atoms with E-state index in [2.05, 4.69) is 46.4 Å². The summed E-state index contributed by atoms with van der Waals surface area (Å²) in [6.07, 6.45) is 6.82. The maximum Gasteiger partial charge on any atom is 0.257 e. The van der Waals surface area contributed by atoms with E-state index in [1.807, 2.05) is 30.7 Å². The monoisotopic (exact) mass is 687 g/mol. The van der Waals surface area contributed by atoms with Crippen LogP contribution in [0.2, 0.25) is 28.2 Å². The van der Waals surface area contributed by atoms with Crippen molar-refractivity contribution in [3.05, 3.63) is 50.8 Å². The number of hydrogen-bond acceptors (Lipinski definition) is 4. The second-order valence-corrected chi connectivity index (χ2v) is 21.1. The molecule has 1 amide bonds. The summed E-state index contributed by atoms with van der Waals surface area (Å²) in [5.74, 6) is 1.55. The lowest BCUT2D eigenvalue weighted by atomic mass is 9.71.